The monoisotopic (exact) mass is 349 g/mol. The lowest BCUT2D eigenvalue weighted by molar-refractivity contribution is -0.385. The number of nitro groups is 1. The number of carbonyl (C=O) groups is 1. The Morgan fingerprint density at radius 1 is 1.50 bits per heavy atom. The minimum atomic E-state index is -0.564. The molecule has 0 unspecified atom stereocenters. The number of nitro benzene ring substituents is 1. The van der Waals surface area contributed by atoms with Gasteiger partial charge in [0.15, 0.2) is 0 Å². The van der Waals surface area contributed by atoms with E-state index in [2.05, 4.69) is 5.32 Å². The zero-order chi connectivity index (χ0) is 16.0. The van der Waals surface area contributed by atoms with E-state index in [0.717, 1.165) is 0 Å². The number of likely N-dealkylation sites (N-methyl/N-ethyl adjacent to an activating group) is 2. The Hall–Kier alpha value is -1.51. The molecule has 22 heavy (non-hydrogen) atoms. The second-order valence-electron chi connectivity index (χ2n) is 4.31. The normalized spacial score (nSPS) is 9.82. The van der Waals surface area contributed by atoms with Gasteiger partial charge in [0.2, 0.25) is 0 Å². The number of thioether (sulfide) groups is 1. The number of hydrogen-bond acceptors (Lipinski definition) is 6. The highest BCUT2D eigenvalue weighted by atomic mass is 35.5. The largest absolute Gasteiger partial charge is 0.495 e. The van der Waals surface area contributed by atoms with Crippen LogP contribution in [-0.2, 0) is 0 Å². The predicted molar refractivity (Wildman–Crippen MR) is 89.6 cm³/mol. The number of benzene rings is 1. The molecule has 0 saturated heterocycles. The number of nitrogens with one attached hydrogen (secondary N) is 1. The van der Waals surface area contributed by atoms with Crippen LogP contribution in [0.2, 0.25) is 0 Å². The van der Waals surface area contributed by atoms with Crippen molar-refractivity contribution in [3.05, 3.63) is 27.8 Å². The summed E-state index contributed by atoms with van der Waals surface area (Å²) in [5, 5.41) is 14.1. The lowest BCUT2D eigenvalue weighted by atomic mass is 10.1. The van der Waals surface area contributed by atoms with E-state index in [9.17, 15) is 14.9 Å². The molecule has 1 rings (SSSR count). The lowest BCUT2D eigenvalue weighted by Gasteiger charge is -2.18. The first-order valence-electron chi connectivity index (χ1n) is 6.26. The fraction of sp³-hybridized carbons (Fsp3) is 0.462. The number of amides is 1. The van der Waals surface area contributed by atoms with Crippen molar-refractivity contribution in [3.63, 3.8) is 0 Å². The van der Waals surface area contributed by atoms with Gasteiger partial charge in [-0.15, -0.1) is 24.2 Å². The molecular weight excluding hydrogens is 330 g/mol. The van der Waals surface area contributed by atoms with Crippen molar-refractivity contribution in [2.24, 2.45) is 0 Å². The van der Waals surface area contributed by atoms with Crippen LogP contribution >= 0.6 is 24.2 Å². The van der Waals surface area contributed by atoms with Gasteiger partial charge in [-0.25, -0.2) is 0 Å². The van der Waals surface area contributed by atoms with Crippen LogP contribution in [-0.4, -0.2) is 56.3 Å². The number of methoxy groups -OCH3 is 1. The van der Waals surface area contributed by atoms with E-state index in [4.69, 9.17) is 4.74 Å². The van der Waals surface area contributed by atoms with Gasteiger partial charge in [0.05, 0.1) is 23.0 Å². The molecule has 9 heteroatoms. The zero-order valence-electron chi connectivity index (χ0n) is 12.9. The number of hydrogen-bond donors (Lipinski definition) is 1. The van der Waals surface area contributed by atoms with Crippen LogP contribution < -0.4 is 10.1 Å². The summed E-state index contributed by atoms with van der Waals surface area (Å²) in [5.41, 5.74) is -0.172. The van der Waals surface area contributed by atoms with Gasteiger partial charge in [-0.2, -0.15) is 0 Å². The van der Waals surface area contributed by atoms with E-state index in [1.165, 1.54) is 35.9 Å². The third-order valence-electron chi connectivity index (χ3n) is 2.97. The van der Waals surface area contributed by atoms with Crippen LogP contribution in [0.25, 0.3) is 0 Å². The third-order valence-corrected chi connectivity index (χ3v) is 3.73. The molecule has 1 aromatic rings. The quantitative estimate of drug-likeness (QED) is 0.460. The summed E-state index contributed by atoms with van der Waals surface area (Å²) in [7, 11) is 4.84. The second-order valence-corrected chi connectivity index (χ2v) is 5.16. The second kappa shape index (κ2) is 9.50. The van der Waals surface area contributed by atoms with E-state index in [1.54, 1.807) is 14.1 Å². The van der Waals surface area contributed by atoms with Crippen LogP contribution in [0.4, 0.5) is 5.69 Å². The van der Waals surface area contributed by atoms with E-state index in [1.807, 2.05) is 6.26 Å². The number of halogens is 1. The SMILES string of the molecule is CNCCN(C)C(=O)c1cc(SC)c(OC)cc1[N+](=O)[O-].Cl. The van der Waals surface area contributed by atoms with Gasteiger partial charge >= 0.3 is 0 Å². The molecule has 0 bridgehead atoms. The number of nitrogens with zero attached hydrogens (tertiary/aromatic N) is 2. The van der Waals surface area contributed by atoms with Crippen LogP contribution in [0.15, 0.2) is 17.0 Å². The van der Waals surface area contributed by atoms with Gasteiger partial charge in [0.25, 0.3) is 11.6 Å². The molecule has 0 saturated carbocycles. The first kappa shape index (κ1) is 20.5. The van der Waals surface area contributed by atoms with Crippen molar-refractivity contribution < 1.29 is 14.5 Å². The van der Waals surface area contributed by atoms with E-state index in [-0.39, 0.29) is 29.6 Å². The summed E-state index contributed by atoms with van der Waals surface area (Å²) in [4.78, 5) is 25.2. The van der Waals surface area contributed by atoms with Crippen LogP contribution in [0, 0.1) is 10.1 Å². The Morgan fingerprint density at radius 3 is 2.59 bits per heavy atom. The van der Waals surface area contributed by atoms with Gasteiger partial charge in [-0.3, -0.25) is 14.9 Å². The Labute approximate surface area is 139 Å². The smallest absolute Gasteiger partial charge is 0.285 e. The first-order valence-corrected chi connectivity index (χ1v) is 7.49. The Bertz CT molecular complexity index is 542. The molecule has 0 atom stereocenters. The van der Waals surface area contributed by atoms with Crippen LogP contribution in [0.5, 0.6) is 5.75 Å². The summed E-state index contributed by atoms with van der Waals surface area (Å²) in [6, 6.07) is 2.81. The van der Waals surface area contributed by atoms with Gasteiger partial charge in [0.1, 0.15) is 11.3 Å². The van der Waals surface area contributed by atoms with E-state index < -0.39 is 4.92 Å². The predicted octanol–water partition coefficient (Wildman–Crippen LogP) is 2.04. The Kier molecular flexibility index (Phi) is 8.84. The molecule has 1 amide bonds. The summed E-state index contributed by atoms with van der Waals surface area (Å²) >= 11 is 1.37. The summed E-state index contributed by atoms with van der Waals surface area (Å²) in [6.07, 6.45) is 1.82. The summed E-state index contributed by atoms with van der Waals surface area (Å²) in [5.74, 6) is 0.0125. The molecule has 0 aliphatic rings. The van der Waals surface area contributed by atoms with Crippen molar-refractivity contribution in [2.45, 2.75) is 4.90 Å². The summed E-state index contributed by atoms with van der Waals surface area (Å²) < 4.78 is 5.13. The molecule has 1 N–H and O–H groups in total. The molecule has 0 aliphatic carbocycles. The zero-order valence-corrected chi connectivity index (χ0v) is 14.5. The minimum Gasteiger partial charge on any atom is -0.495 e. The molecular formula is C13H20ClN3O4S. The number of rotatable bonds is 7. The van der Waals surface area contributed by atoms with Gasteiger partial charge in [0, 0.05) is 20.1 Å². The van der Waals surface area contributed by atoms with Crippen molar-refractivity contribution in [1.29, 1.82) is 0 Å². The molecule has 7 nitrogen and oxygen atoms in total. The van der Waals surface area contributed by atoms with Crippen molar-refractivity contribution in [1.82, 2.24) is 10.2 Å². The van der Waals surface area contributed by atoms with E-state index >= 15 is 0 Å². The highest BCUT2D eigenvalue weighted by Crippen LogP contribution is 2.34. The van der Waals surface area contributed by atoms with Gasteiger partial charge in [-0.05, 0) is 19.4 Å². The molecule has 0 aromatic heterocycles. The molecule has 0 fully saturated rings. The minimum absolute atomic E-state index is 0. The molecule has 0 aliphatic heterocycles. The average Bonchev–Trinajstić information content (AvgIpc) is 2.50. The highest BCUT2D eigenvalue weighted by molar-refractivity contribution is 7.98. The molecule has 0 heterocycles. The lowest BCUT2D eigenvalue weighted by Crippen LogP contribution is -2.33. The van der Waals surface area contributed by atoms with E-state index in [0.29, 0.717) is 23.7 Å². The average molecular weight is 350 g/mol. The van der Waals surface area contributed by atoms with Crippen molar-refractivity contribution in [2.75, 3.05) is 40.6 Å². The highest BCUT2D eigenvalue weighted by Gasteiger charge is 2.25. The third kappa shape index (κ3) is 4.75. The fourth-order valence-corrected chi connectivity index (χ4v) is 2.36. The topological polar surface area (TPSA) is 84.7 Å². The maximum absolute atomic E-state index is 12.4. The number of carbonyl (C=O) groups excluding carboxylic acids is 1. The number of ether oxygens (including phenoxy) is 1. The molecule has 0 radical (unpaired) electrons. The van der Waals surface area contributed by atoms with Crippen molar-refractivity contribution in [3.8, 4) is 5.75 Å². The fourth-order valence-electron chi connectivity index (χ4n) is 1.78. The Morgan fingerprint density at radius 2 is 2.14 bits per heavy atom. The maximum atomic E-state index is 12.4. The maximum Gasteiger partial charge on any atom is 0.285 e. The van der Waals surface area contributed by atoms with Gasteiger partial charge in [-0.1, -0.05) is 0 Å². The molecule has 124 valence electrons. The van der Waals surface area contributed by atoms with Crippen LogP contribution in [0.3, 0.4) is 0 Å². The Balaban J connectivity index is 0.00000441. The first-order chi connectivity index (χ1) is 9.96. The van der Waals surface area contributed by atoms with Crippen LogP contribution in [0.1, 0.15) is 10.4 Å². The standard InChI is InChI=1S/C13H19N3O4S.ClH/c1-14-5-6-15(2)13(17)9-7-12(21-4)11(20-3)8-10(9)16(18)19;/h7-8,14H,5-6H2,1-4H3;1H. The molecule has 0 spiro atoms. The summed E-state index contributed by atoms with van der Waals surface area (Å²) in [6.45, 7) is 1.08. The van der Waals surface area contributed by atoms with Gasteiger partial charge < -0.3 is 15.0 Å². The molecule has 1 aromatic carbocycles. The van der Waals surface area contributed by atoms with Crippen molar-refractivity contribution >= 4 is 35.8 Å².